The summed E-state index contributed by atoms with van der Waals surface area (Å²) >= 11 is 0. The summed E-state index contributed by atoms with van der Waals surface area (Å²) in [6, 6.07) is 3.23. The van der Waals surface area contributed by atoms with Crippen molar-refractivity contribution in [3.63, 3.8) is 0 Å². The molecule has 1 amide bonds. The Labute approximate surface area is 111 Å². The third kappa shape index (κ3) is 2.70. The number of nitrogens with one attached hydrogen (secondary N) is 1. The number of fused-ring (bicyclic) bond motifs is 1. The van der Waals surface area contributed by atoms with Crippen molar-refractivity contribution in [3.8, 4) is 11.5 Å². The minimum atomic E-state index is -0.537. The van der Waals surface area contributed by atoms with Crippen LogP contribution < -0.4 is 14.8 Å². The van der Waals surface area contributed by atoms with Gasteiger partial charge in [0.05, 0.1) is 5.69 Å². The number of rotatable bonds is 2. The molecule has 1 aliphatic heterocycles. The highest BCUT2D eigenvalue weighted by Crippen LogP contribution is 2.37. The molecule has 0 atom stereocenters. The predicted octanol–water partition coefficient (Wildman–Crippen LogP) is 2.60. The van der Waals surface area contributed by atoms with Gasteiger partial charge in [-0.25, -0.2) is 0 Å². The van der Waals surface area contributed by atoms with E-state index in [-0.39, 0.29) is 18.5 Å². The van der Waals surface area contributed by atoms with E-state index in [2.05, 4.69) is 5.32 Å². The van der Waals surface area contributed by atoms with Gasteiger partial charge in [0.2, 0.25) is 12.7 Å². The van der Waals surface area contributed by atoms with Gasteiger partial charge in [0, 0.05) is 17.0 Å². The van der Waals surface area contributed by atoms with E-state index in [4.69, 9.17) is 9.47 Å². The van der Waals surface area contributed by atoms with Crippen LogP contribution >= 0.6 is 0 Å². The summed E-state index contributed by atoms with van der Waals surface area (Å²) in [5.41, 5.74) is 0.336. The van der Waals surface area contributed by atoms with E-state index in [0.29, 0.717) is 22.7 Å². The van der Waals surface area contributed by atoms with Gasteiger partial charge in [-0.1, -0.05) is 20.8 Å². The number of hydrogen-bond donors (Lipinski definition) is 1. The number of ketones is 1. The van der Waals surface area contributed by atoms with Gasteiger partial charge in [-0.15, -0.1) is 0 Å². The van der Waals surface area contributed by atoms with E-state index in [9.17, 15) is 9.59 Å². The highest BCUT2D eigenvalue weighted by Gasteiger charge is 2.25. The molecule has 0 saturated carbocycles. The zero-order valence-corrected chi connectivity index (χ0v) is 11.5. The van der Waals surface area contributed by atoms with Gasteiger partial charge in [-0.05, 0) is 13.0 Å². The highest BCUT2D eigenvalue weighted by atomic mass is 16.7. The second kappa shape index (κ2) is 4.57. The first-order chi connectivity index (χ1) is 8.79. The maximum Gasteiger partial charge on any atom is 0.231 e. The standard InChI is InChI=1S/C14H17NO4/c1-8(16)9-5-11-12(19-7-18-11)6-10(9)15-13(17)14(2,3)4/h5-6H,7H2,1-4H3,(H,15,17). The first kappa shape index (κ1) is 13.4. The normalized spacial score (nSPS) is 13.3. The average Bonchev–Trinajstić information content (AvgIpc) is 2.73. The quantitative estimate of drug-likeness (QED) is 0.833. The van der Waals surface area contributed by atoms with Gasteiger partial charge in [-0.2, -0.15) is 0 Å². The molecule has 0 fully saturated rings. The summed E-state index contributed by atoms with van der Waals surface area (Å²) in [5, 5.41) is 2.77. The number of benzene rings is 1. The largest absolute Gasteiger partial charge is 0.454 e. The van der Waals surface area contributed by atoms with Crippen LogP contribution in [0.5, 0.6) is 11.5 Å². The Balaban J connectivity index is 2.39. The fourth-order valence-electron chi connectivity index (χ4n) is 1.65. The molecule has 5 heteroatoms. The molecule has 0 aliphatic carbocycles. The minimum absolute atomic E-state index is 0.128. The lowest BCUT2D eigenvalue weighted by Crippen LogP contribution is -2.28. The molecule has 1 N–H and O–H groups in total. The van der Waals surface area contributed by atoms with Gasteiger partial charge in [0.25, 0.3) is 0 Å². The number of anilines is 1. The van der Waals surface area contributed by atoms with E-state index in [1.54, 1.807) is 12.1 Å². The number of ether oxygens (including phenoxy) is 2. The Bertz CT molecular complexity index is 543. The highest BCUT2D eigenvalue weighted by molar-refractivity contribution is 6.05. The van der Waals surface area contributed by atoms with Crippen LogP contribution in [0.2, 0.25) is 0 Å². The van der Waals surface area contributed by atoms with Gasteiger partial charge >= 0.3 is 0 Å². The number of carbonyl (C=O) groups is 2. The average molecular weight is 263 g/mol. The molecule has 2 rings (SSSR count). The molecule has 1 aliphatic rings. The Morgan fingerprint density at radius 2 is 1.74 bits per heavy atom. The number of hydrogen-bond acceptors (Lipinski definition) is 4. The molecule has 0 bridgehead atoms. The van der Waals surface area contributed by atoms with E-state index in [1.165, 1.54) is 6.92 Å². The molecule has 1 aromatic rings. The van der Waals surface area contributed by atoms with Crippen molar-refractivity contribution in [2.45, 2.75) is 27.7 Å². The third-order valence-corrected chi connectivity index (χ3v) is 2.82. The second-order valence-corrected chi connectivity index (χ2v) is 5.51. The Kier molecular flexibility index (Phi) is 3.22. The summed E-state index contributed by atoms with van der Waals surface area (Å²) in [6.45, 7) is 7.00. The van der Waals surface area contributed by atoms with E-state index in [1.807, 2.05) is 20.8 Å². The predicted molar refractivity (Wildman–Crippen MR) is 70.7 cm³/mol. The molecule has 0 radical (unpaired) electrons. The number of carbonyl (C=O) groups excluding carboxylic acids is 2. The van der Waals surface area contributed by atoms with Crippen molar-refractivity contribution in [2.24, 2.45) is 5.41 Å². The molecule has 0 aromatic heterocycles. The van der Waals surface area contributed by atoms with Crippen LogP contribution in [0.1, 0.15) is 38.1 Å². The first-order valence-electron chi connectivity index (χ1n) is 6.05. The summed E-state index contributed by atoms with van der Waals surface area (Å²) < 4.78 is 10.5. The van der Waals surface area contributed by atoms with Crippen LogP contribution in [0, 0.1) is 5.41 Å². The molecule has 1 aromatic carbocycles. The molecular weight excluding hydrogens is 246 g/mol. The zero-order chi connectivity index (χ0) is 14.2. The monoisotopic (exact) mass is 263 g/mol. The Hall–Kier alpha value is -2.04. The maximum absolute atomic E-state index is 12.0. The summed E-state index contributed by atoms with van der Waals surface area (Å²) in [5.74, 6) is 0.768. The van der Waals surface area contributed by atoms with Crippen molar-refractivity contribution < 1.29 is 19.1 Å². The lowest BCUT2D eigenvalue weighted by molar-refractivity contribution is -0.123. The molecule has 5 nitrogen and oxygen atoms in total. The topological polar surface area (TPSA) is 64.6 Å². The molecule has 0 unspecified atom stereocenters. The summed E-state index contributed by atoms with van der Waals surface area (Å²) in [7, 11) is 0. The molecule has 19 heavy (non-hydrogen) atoms. The van der Waals surface area contributed by atoms with Gasteiger partial charge in [0.15, 0.2) is 17.3 Å². The van der Waals surface area contributed by atoms with Crippen LogP contribution in [0.3, 0.4) is 0 Å². The molecule has 0 spiro atoms. The first-order valence-corrected chi connectivity index (χ1v) is 6.05. The summed E-state index contributed by atoms with van der Waals surface area (Å²) in [4.78, 5) is 23.7. The van der Waals surface area contributed by atoms with Crippen molar-refractivity contribution in [3.05, 3.63) is 17.7 Å². The summed E-state index contributed by atoms with van der Waals surface area (Å²) in [6.07, 6.45) is 0. The van der Waals surface area contributed by atoms with Crippen molar-refractivity contribution in [1.29, 1.82) is 0 Å². The van der Waals surface area contributed by atoms with Crippen LogP contribution in [0.15, 0.2) is 12.1 Å². The van der Waals surface area contributed by atoms with Crippen LogP contribution in [-0.2, 0) is 4.79 Å². The van der Waals surface area contributed by atoms with Gasteiger partial charge < -0.3 is 14.8 Å². The van der Waals surface area contributed by atoms with Crippen LogP contribution in [-0.4, -0.2) is 18.5 Å². The van der Waals surface area contributed by atoms with E-state index in [0.717, 1.165) is 0 Å². The fourth-order valence-corrected chi connectivity index (χ4v) is 1.65. The van der Waals surface area contributed by atoms with Crippen molar-refractivity contribution in [1.82, 2.24) is 0 Å². The van der Waals surface area contributed by atoms with E-state index < -0.39 is 5.41 Å². The lowest BCUT2D eigenvalue weighted by Gasteiger charge is -2.19. The second-order valence-electron chi connectivity index (χ2n) is 5.51. The molecule has 0 saturated heterocycles. The van der Waals surface area contributed by atoms with Crippen LogP contribution in [0.4, 0.5) is 5.69 Å². The smallest absolute Gasteiger partial charge is 0.231 e. The number of Topliss-reactive ketones (excluding diaryl/α,β-unsaturated/α-hetero) is 1. The van der Waals surface area contributed by atoms with Crippen molar-refractivity contribution >= 4 is 17.4 Å². The zero-order valence-electron chi connectivity index (χ0n) is 11.5. The SMILES string of the molecule is CC(=O)c1cc2c(cc1NC(=O)C(C)(C)C)OCO2. The third-order valence-electron chi connectivity index (χ3n) is 2.82. The Morgan fingerprint density at radius 1 is 1.16 bits per heavy atom. The molecule has 102 valence electrons. The molecule has 1 heterocycles. The lowest BCUT2D eigenvalue weighted by atomic mass is 9.95. The Morgan fingerprint density at radius 3 is 2.26 bits per heavy atom. The van der Waals surface area contributed by atoms with Crippen molar-refractivity contribution in [2.75, 3.05) is 12.1 Å². The van der Waals surface area contributed by atoms with Gasteiger partial charge in [-0.3, -0.25) is 9.59 Å². The fraction of sp³-hybridized carbons (Fsp3) is 0.429. The van der Waals surface area contributed by atoms with Gasteiger partial charge in [0.1, 0.15) is 0 Å². The maximum atomic E-state index is 12.0. The minimum Gasteiger partial charge on any atom is -0.454 e. The van der Waals surface area contributed by atoms with E-state index >= 15 is 0 Å². The number of amides is 1. The molecular formula is C14H17NO4. The van der Waals surface area contributed by atoms with Crippen LogP contribution in [0.25, 0.3) is 0 Å².